The molecule has 0 bridgehead atoms. The van der Waals surface area contributed by atoms with Crippen LogP contribution >= 0.6 is 0 Å². The van der Waals surface area contributed by atoms with Gasteiger partial charge < -0.3 is 10.2 Å². The molecule has 2 aliphatic rings. The minimum Gasteiger partial charge on any atom is -0.331 e. The normalized spacial score (nSPS) is 21.2. The molecule has 0 saturated carbocycles. The van der Waals surface area contributed by atoms with Crippen molar-refractivity contribution in [2.24, 2.45) is 5.92 Å². The first-order valence-electron chi connectivity index (χ1n) is 14.8. The molecule has 9 heteroatoms. The molecule has 2 fully saturated rings. The maximum Gasteiger partial charge on any atom is 0.404 e. The van der Waals surface area contributed by atoms with Crippen molar-refractivity contribution < 1.29 is 27.2 Å². The molecule has 2 amide bonds. The lowest BCUT2D eigenvalue weighted by Gasteiger charge is -2.41. The van der Waals surface area contributed by atoms with Gasteiger partial charge in [0.15, 0.2) is 0 Å². The van der Waals surface area contributed by atoms with E-state index in [1.54, 1.807) is 48.2 Å². The second-order valence-corrected chi connectivity index (χ2v) is 11.8. The molecule has 43 heavy (non-hydrogen) atoms. The molecule has 0 aromatic heterocycles. The number of alkyl halides is 3. The zero-order chi connectivity index (χ0) is 30.9. The van der Waals surface area contributed by atoms with Gasteiger partial charge in [-0.1, -0.05) is 42.5 Å². The van der Waals surface area contributed by atoms with Crippen LogP contribution in [0.2, 0.25) is 0 Å². The Labute approximate surface area is 249 Å². The number of nitrogens with zero attached hydrogens (tertiary/aromatic N) is 2. The third-order valence-electron chi connectivity index (χ3n) is 8.89. The summed E-state index contributed by atoms with van der Waals surface area (Å²) >= 11 is 0. The van der Waals surface area contributed by atoms with E-state index >= 15 is 0 Å². The van der Waals surface area contributed by atoms with E-state index in [0.29, 0.717) is 49.2 Å². The topological polar surface area (TPSA) is 52.7 Å². The largest absolute Gasteiger partial charge is 0.404 e. The molecule has 0 aliphatic carbocycles. The Hall–Kier alpha value is -3.72. The first-order chi connectivity index (χ1) is 20.4. The summed E-state index contributed by atoms with van der Waals surface area (Å²) < 4.78 is 55.5. The molecular weight excluding hydrogens is 558 g/mol. The van der Waals surface area contributed by atoms with Crippen molar-refractivity contribution in [3.8, 4) is 0 Å². The number of carbonyl (C=O) groups excluding carboxylic acids is 2. The van der Waals surface area contributed by atoms with Crippen LogP contribution in [0.5, 0.6) is 0 Å². The molecule has 5 nitrogen and oxygen atoms in total. The summed E-state index contributed by atoms with van der Waals surface area (Å²) in [6.45, 7) is 6.51. The lowest BCUT2D eigenvalue weighted by atomic mass is 9.83. The van der Waals surface area contributed by atoms with E-state index in [4.69, 9.17) is 0 Å². The van der Waals surface area contributed by atoms with Gasteiger partial charge in [-0.3, -0.25) is 14.5 Å². The quantitative estimate of drug-likeness (QED) is 0.300. The highest BCUT2D eigenvalue weighted by Gasteiger charge is 2.46. The van der Waals surface area contributed by atoms with Crippen LogP contribution in [-0.2, 0) is 11.3 Å². The van der Waals surface area contributed by atoms with Gasteiger partial charge in [0, 0.05) is 18.8 Å². The predicted molar refractivity (Wildman–Crippen MR) is 158 cm³/mol. The van der Waals surface area contributed by atoms with Gasteiger partial charge in [0.25, 0.3) is 5.91 Å². The highest BCUT2D eigenvalue weighted by Crippen LogP contribution is 2.39. The number of nitrogens with one attached hydrogen (secondary N) is 1. The Morgan fingerprint density at radius 3 is 2.28 bits per heavy atom. The number of aryl methyl sites for hydroxylation is 3. The highest BCUT2D eigenvalue weighted by atomic mass is 19.4. The number of hydrogen-bond acceptors (Lipinski definition) is 3. The van der Waals surface area contributed by atoms with Gasteiger partial charge >= 0.3 is 6.18 Å². The van der Waals surface area contributed by atoms with Crippen molar-refractivity contribution in [1.82, 2.24) is 9.80 Å². The lowest BCUT2D eigenvalue weighted by molar-refractivity contribution is -0.177. The number of hydrogen-bond donors (Lipinski definition) is 1. The fraction of sp³-hybridized carbons (Fsp3) is 0.412. The molecule has 2 aliphatic heterocycles. The smallest absolute Gasteiger partial charge is 0.331 e. The van der Waals surface area contributed by atoms with Crippen molar-refractivity contribution in [1.29, 1.82) is 0 Å². The van der Waals surface area contributed by atoms with E-state index in [0.717, 1.165) is 16.7 Å². The Morgan fingerprint density at radius 1 is 0.884 bits per heavy atom. The maximum absolute atomic E-state index is 14.9. The van der Waals surface area contributed by atoms with Gasteiger partial charge in [0.2, 0.25) is 5.91 Å². The molecule has 2 saturated heterocycles. The van der Waals surface area contributed by atoms with Gasteiger partial charge in [0.1, 0.15) is 11.9 Å². The molecule has 0 spiro atoms. The Balaban J connectivity index is 1.46. The van der Waals surface area contributed by atoms with Crippen molar-refractivity contribution >= 4 is 17.5 Å². The van der Waals surface area contributed by atoms with Crippen LogP contribution < -0.4 is 5.32 Å². The maximum atomic E-state index is 14.9. The first kappa shape index (κ1) is 30.7. The zero-order valence-electron chi connectivity index (χ0n) is 24.7. The van der Waals surface area contributed by atoms with Crippen LogP contribution in [0.1, 0.15) is 69.9 Å². The minimum atomic E-state index is -4.28. The zero-order valence-corrected chi connectivity index (χ0v) is 24.7. The summed E-state index contributed by atoms with van der Waals surface area (Å²) in [5, 5.41) is 3.02. The number of anilines is 1. The van der Waals surface area contributed by atoms with Crippen molar-refractivity contribution in [2.75, 3.05) is 18.4 Å². The van der Waals surface area contributed by atoms with Gasteiger partial charge in [-0.25, -0.2) is 4.39 Å². The average Bonchev–Trinajstić information content (AvgIpc) is 3.44. The molecule has 3 aromatic rings. The van der Waals surface area contributed by atoms with Crippen LogP contribution in [0, 0.1) is 32.5 Å². The van der Waals surface area contributed by atoms with Crippen LogP contribution in [0.25, 0.3) is 0 Å². The fourth-order valence-corrected chi connectivity index (χ4v) is 6.45. The molecule has 5 rings (SSSR count). The van der Waals surface area contributed by atoms with E-state index < -0.39 is 35.9 Å². The molecule has 2 unspecified atom stereocenters. The van der Waals surface area contributed by atoms with E-state index in [1.165, 1.54) is 11.0 Å². The van der Waals surface area contributed by atoms with Crippen LogP contribution in [0.3, 0.4) is 0 Å². The Bertz CT molecular complexity index is 1470. The van der Waals surface area contributed by atoms with Gasteiger partial charge in [-0.2, -0.15) is 13.2 Å². The molecule has 228 valence electrons. The van der Waals surface area contributed by atoms with E-state index in [1.807, 2.05) is 32.0 Å². The predicted octanol–water partition coefficient (Wildman–Crippen LogP) is 7.51. The summed E-state index contributed by atoms with van der Waals surface area (Å²) in [6.07, 6.45) is -2.61. The molecular formula is C34H37F4N3O2. The van der Waals surface area contributed by atoms with E-state index in [9.17, 15) is 27.2 Å². The van der Waals surface area contributed by atoms with Crippen molar-refractivity contribution in [3.05, 3.63) is 99.9 Å². The third-order valence-corrected chi connectivity index (χ3v) is 8.89. The van der Waals surface area contributed by atoms with Gasteiger partial charge in [-0.05, 0) is 99.0 Å². The lowest BCUT2D eigenvalue weighted by Crippen LogP contribution is -2.46. The van der Waals surface area contributed by atoms with Crippen molar-refractivity contribution in [2.45, 2.75) is 71.3 Å². The average molecular weight is 596 g/mol. The second kappa shape index (κ2) is 12.5. The van der Waals surface area contributed by atoms with Gasteiger partial charge in [-0.15, -0.1) is 0 Å². The molecule has 0 radical (unpaired) electrons. The highest BCUT2D eigenvalue weighted by molar-refractivity contribution is 5.98. The molecule has 3 aromatic carbocycles. The van der Waals surface area contributed by atoms with Gasteiger partial charge in [0.05, 0.1) is 17.5 Å². The first-order valence-corrected chi connectivity index (χ1v) is 14.8. The molecule has 2 heterocycles. The number of halogens is 4. The SMILES string of the molecule is Cc1ccc(NC(=O)[C@H]2CCCN(C(=O)c3c(C)cccc3F)C2c2ccc(CN3CCCC3C(F)(F)F)cc2)cc1C. The Morgan fingerprint density at radius 2 is 1.60 bits per heavy atom. The number of likely N-dealkylation sites (tertiary alicyclic amines) is 2. The summed E-state index contributed by atoms with van der Waals surface area (Å²) in [4.78, 5) is 30.7. The monoisotopic (exact) mass is 595 g/mol. The minimum absolute atomic E-state index is 0.0217. The van der Waals surface area contributed by atoms with E-state index in [-0.39, 0.29) is 24.4 Å². The summed E-state index contributed by atoms with van der Waals surface area (Å²) in [6, 6.07) is 15.1. The third kappa shape index (κ3) is 6.61. The van der Waals surface area contributed by atoms with Crippen LogP contribution in [0.4, 0.5) is 23.2 Å². The molecule has 1 N–H and O–H groups in total. The number of amides is 2. The fourth-order valence-electron chi connectivity index (χ4n) is 6.45. The van der Waals surface area contributed by atoms with E-state index in [2.05, 4.69) is 5.32 Å². The standard InChI is InChI=1S/C34H37F4N3O2/c1-21-11-16-26(19-23(21)3)39-32(42)27-8-5-18-41(33(43)30-22(2)7-4-9-28(30)35)31(27)25-14-12-24(13-15-25)20-40-17-6-10-29(40)34(36,37)38/h4,7,9,11-16,19,27,29,31H,5-6,8,10,17-18,20H2,1-3H3,(H,39,42)/t27-,29?,31?/m0/s1. The van der Waals surface area contributed by atoms with Crippen LogP contribution in [-0.4, -0.2) is 46.9 Å². The number of carbonyl (C=O) groups is 2. The summed E-state index contributed by atoms with van der Waals surface area (Å²) in [5.41, 5.74) is 4.67. The van der Waals surface area contributed by atoms with Crippen LogP contribution in [0.15, 0.2) is 60.7 Å². The number of rotatable bonds is 6. The second-order valence-electron chi connectivity index (χ2n) is 11.8. The summed E-state index contributed by atoms with van der Waals surface area (Å²) in [7, 11) is 0. The number of piperidine rings is 1. The molecule has 3 atom stereocenters. The number of benzene rings is 3. The summed E-state index contributed by atoms with van der Waals surface area (Å²) in [5.74, 6) is -1.97. The van der Waals surface area contributed by atoms with Crippen molar-refractivity contribution in [3.63, 3.8) is 0 Å². The Kier molecular flexibility index (Phi) is 8.92.